The van der Waals surface area contributed by atoms with E-state index in [0.717, 1.165) is 12.1 Å². The summed E-state index contributed by atoms with van der Waals surface area (Å²) in [5.41, 5.74) is -0.221. The third-order valence-corrected chi connectivity index (χ3v) is 1.29. The van der Waals surface area contributed by atoms with Crippen molar-refractivity contribution in [1.29, 1.82) is 0 Å². The highest BCUT2D eigenvalue weighted by molar-refractivity contribution is 5.23. The summed E-state index contributed by atoms with van der Waals surface area (Å²) in [6.45, 7) is 1.63. The largest absolute Gasteiger partial charge is 0.868 e. The Hall–Kier alpha value is -1.38. The van der Waals surface area contributed by atoms with E-state index in [4.69, 9.17) is 0 Å². The van der Waals surface area contributed by atoms with Gasteiger partial charge in [-0.05, 0) is 30.4 Å². The molecular formula is C8H6FO2-. The third kappa shape index (κ3) is 1.55. The van der Waals surface area contributed by atoms with E-state index in [0.29, 0.717) is 5.56 Å². The molecule has 3 heteroatoms. The van der Waals surface area contributed by atoms with Crippen molar-refractivity contribution in [2.75, 3.05) is 0 Å². The molecule has 1 aromatic carbocycles. The molecule has 11 heavy (non-hydrogen) atoms. The van der Waals surface area contributed by atoms with Crippen LogP contribution in [0.3, 0.4) is 0 Å². The van der Waals surface area contributed by atoms with Crippen LogP contribution in [0.15, 0.2) is 23.0 Å². The minimum Gasteiger partial charge on any atom is -0.868 e. The molecule has 1 rings (SSSR count). The number of hydrogen-bond acceptors (Lipinski definition) is 2. The van der Waals surface area contributed by atoms with Crippen LogP contribution in [-0.4, -0.2) is 0 Å². The second-order valence-corrected chi connectivity index (χ2v) is 2.26. The molecule has 0 aromatic heterocycles. The van der Waals surface area contributed by atoms with Crippen LogP contribution in [-0.2, 0) is 0 Å². The lowest BCUT2D eigenvalue weighted by atomic mass is 10.3. The van der Waals surface area contributed by atoms with Gasteiger partial charge in [-0.25, -0.2) is 4.39 Å². The Morgan fingerprint density at radius 3 is 2.73 bits per heavy atom. The second kappa shape index (κ2) is 2.70. The molecule has 58 valence electrons. The fourth-order valence-corrected chi connectivity index (χ4v) is 0.718. The van der Waals surface area contributed by atoms with Crippen LogP contribution in [0.4, 0.5) is 4.39 Å². The lowest BCUT2D eigenvalue weighted by Crippen LogP contribution is -2.07. The average Bonchev–Trinajstić information content (AvgIpc) is 2.05. The number of halogens is 1. The van der Waals surface area contributed by atoms with Crippen LogP contribution in [0.1, 0.15) is 5.56 Å². The minimum absolute atomic E-state index is 0.580. The van der Waals surface area contributed by atoms with E-state index < -0.39 is 17.0 Å². The molecule has 0 heterocycles. The predicted molar refractivity (Wildman–Crippen MR) is 36.9 cm³/mol. The molecule has 0 fully saturated rings. The first kappa shape index (κ1) is 7.72. The molecule has 0 unspecified atom stereocenters. The molecule has 2 nitrogen and oxygen atoms in total. The van der Waals surface area contributed by atoms with Crippen LogP contribution < -0.4 is 10.5 Å². The molecule has 0 amide bonds. The van der Waals surface area contributed by atoms with E-state index in [1.807, 2.05) is 0 Å². The molecule has 0 bridgehead atoms. The maximum atomic E-state index is 12.5. The summed E-state index contributed by atoms with van der Waals surface area (Å²) in [6, 6.07) is 3.50. The summed E-state index contributed by atoms with van der Waals surface area (Å²) in [4.78, 5) is 10.7. The van der Waals surface area contributed by atoms with Crippen molar-refractivity contribution in [3.8, 4) is 5.75 Å². The molecule has 1 aromatic rings. The van der Waals surface area contributed by atoms with Gasteiger partial charge < -0.3 is 5.11 Å². The Morgan fingerprint density at radius 1 is 1.45 bits per heavy atom. The van der Waals surface area contributed by atoms with Gasteiger partial charge in [-0.2, -0.15) is 0 Å². The summed E-state index contributed by atoms with van der Waals surface area (Å²) < 4.78 is 12.5. The highest BCUT2D eigenvalue weighted by atomic mass is 19.1. The Labute approximate surface area is 62.9 Å². The Morgan fingerprint density at radius 2 is 2.09 bits per heavy atom. The van der Waals surface area contributed by atoms with Gasteiger partial charge >= 0.3 is 0 Å². The second-order valence-electron chi connectivity index (χ2n) is 2.26. The summed E-state index contributed by atoms with van der Waals surface area (Å²) >= 11 is 0. The molecule has 0 aliphatic rings. The first-order chi connectivity index (χ1) is 5.11. The van der Waals surface area contributed by atoms with Gasteiger partial charge in [0.15, 0.2) is 5.43 Å². The molecule has 0 aliphatic carbocycles. The monoisotopic (exact) mass is 153 g/mol. The zero-order valence-electron chi connectivity index (χ0n) is 5.93. The lowest BCUT2D eigenvalue weighted by Gasteiger charge is -1.97. The summed E-state index contributed by atoms with van der Waals surface area (Å²) in [7, 11) is 0. The SMILES string of the molecule is Cc1ccc(F)c([O-])c(=O)c1. The molecule has 0 N–H and O–H groups in total. The van der Waals surface area contributed by atoms with Gasteiger partial charge in [-0.3, -0.25) is 4.79 Å². The van der Waals surface area contributed by atoms with Gasteiger partial charge in [0.1, 0.15) is 5.82 Å². The van der Waals surface area contributed by atoms with E-state index in [-0.39, 0.29) is 0 Å². The van der Waals surface area contributed by atoms with Crippen molar-refractivity contribution < 1.29 is 9.50 Å². The summed E-state index contributed by atoms with van der Waals surface area (Å²) in [5, 5.41) is 10.6. The van der Waals surface area contributed by atoms with Gasteiger partial charge in [-0.1, -0.05) is 6.07 Å². The van der Waals surface area contributed by atoms with E-state index in [2.05, 4.69) is 0 Å². The smallest absolute Gasteiger partial charge is 0.174 e. The highest BCUT2D eigenvalue weighted by Crippen LogP contribution is 2.03. The maximum absolute atomic E-state index is 12.5. The van der Waals surface area contributed by atoms with Gasteiger partial charge in [-0.15, -0.1) is 0 Å². The lowest BCUT2D eigenvalue weighted by molar-refractivity contribution is -0.273. The first-order valence-electron chi connectivity index (χ1n) is 3.09. The fourth-order valence-electron chi connectivity index (χ4n) is 0.718. The zero-order chi connectivity index (χ0) is 8.43. The molecule has 0 aliphatic heterocycles. The quantitative estimate of drug-likeness (QED) is 0.546. The number of hydrogen-bond donors (Lipinski definition) is 0. The minimum atomic E-state index is -1.07. The van der Waals surface area contributed by atoms with E-state index in [1.165, 1.54) is 6.07 Å². The fraction of sp³-hybridized carbons (Fsp3) is 0.125. The van der Waals surface area contributed by atoms with Crippen molar-refractivity contribution in [1.82, 2.24) is 0 Å². The van der Waals surface area contributed by atoms with Crippen LogP contribution in [0, 0.1) is 12.7 Å². The Bertz CT molecular complexity index is 333. The summed E-state index contributed by atoms with van der Waals surface area (Å²) in [5.74, 6) is -2.07. The molecule has 0 spiro atoms. The summed E-state index contributed by atoms with van der Waals surface area (Å²) in [6.07, 6.45) is 0. The topological polar surface area (TPSA) is 40.1 Å². The average molecular weight is 153 g/mol. The van der Waals surface area contributed by atoms with E-state index >= 15 is 0 Å². The van der Waals surface area contributed by atoms with Crippen molar-refractivity contribution >= 4 is 0 Å². The van der Waals surface area contributed by atoms with E-state index in [1.54, 1.807) is 6.92 Å². The van der Waals surface area contributed by atoms with Crippen molar-refractivity contribution in [2.45, 2.75) is 6.92 Å². The third-order valence-electron chi connectivity index (χ3n) is 1.29. The van der Waals surface area contributed by atoms with Crippen LogP contribution in [0.25, 0.3) is 0 Å². The standard InChI is InChI=1S/C8H7FO2/c1-5-2-3-6(9)8(11)7(10)4-5/h2-4H,1H3,(H,10,11)/p-1. The van der Waals surface area contributed by atoms with Crippen LogP contribution >= 0.6 is 0 Å². The van der Waals surface area contributed by atoms with Gasteiger partial charge in [0.25, 0.3) is 0 Å². The Kier molecular flexibility index (Phi) is 1.89. The molecule has 0 saturated heterocycles. The van der Waals surface area contributed by atoms with Gasteiger partial charge in [0.2, 0.25) is 0 Å². The van der Waals surface area contributed by atoms with E-state index in [9.17, 15) is 14.3 Å². The predicted octanol–water partition coefficient (Wildman–Crippen LogP) is 0.568. The van der Waals surface area contributed by atoms with Crippen LogP contribution in [0.2, 0.25) is 0 Å². The Balaban J connectivity index is 3.57. The molecule has 0 radical (unpaired) electrons. The van der Waals surface area contributed by atoms with Crippen molar-refractivity contribution in [2.24, 2.45) is 0 Å². The van der Waals surface area contributed by atoms with Crippen molar-refractivity contribution in [3.63, 3.8) is 0 Å². The number of rotatable bonds is 0. The molecular weight excluding hydrogens is 147 g/mol. The zero-order valence-corrected chi connectivity index (χ0v) is 5.93. The van der Waals surface area contributed by atoms with Gasteiger partial charge in [0, 0.05) is 0 Å². The van der Waals surface area contributed by atoms with Crippen LogP contribution in [0.5, 0.6) is 5.75 Å². The number of aryl methyl sites for hydroxylation is 1. The van der Waals surface area contributed by atoms with Gasteiger partial charge in [0.05, 0.1) is 0 Å². The molecule has 0 atom stereocenters. The van der Waals surface area contributed by atoms with Crippen molar-refractivity contribution in [3.05, 3.63) is 39.8 Å². The first-order valence-corrected chi connectivity index (χ1v) is 3.09. The normalized spacial score (nSPS) is 9.64. The maximum Gasteiger partial charge on any atom is 0.174 e. The highest BCUT2D eigenvalue weighted by Gasteiger charge is 1.92. The molecule has 0 saturated carbocycles.